The smallest absolute Gasteiger partial charge is 0.191 e. The minimum Gasteiger partial charge on any atom is -0.488 e. The summed E-state index contributed by atoms with van der Waals surface area (Å²) in [5.74, 6) is 1.65. The van der Waals surface area contributed by atoms with Crippen LogP contribution in [0.4, 0.5) is 0 Å². The lowest BCUT2D eigenvalue weighted by Crippen LogP contribution is -2.36. The van der Waals surface area contributed by atoms with E-state index in [1.807, 2.05) is 19.4 Å². The molecule has 1 saturated heterocycles. The number of ether oxygens (including phenoxy) is 2. The molecule has 0 bridgehead atoms. The minimum atomic E-state index is 0. The first-order valence-electron chi connectivity index (χ1n) is 8.90. The SMILES string of the molecule is CN=C(NCc1cnn(C)c1)NCc1ccc(C)cc1OC1CCOC1.I. The monoisotopic (exact) mass is 485 g/mol. The Hall–Kier alpha value is -1.81. The van der Waals surface area contributed by atoms with Crippen molar-refractivity contribution in [2.24, 2.45) is 12.0 Å². The lowest BCUT2D eigenvalue weighted by Gasteiger charge is -2.18. The van der Waals surface area contributed by atoms with Crippen LogP contribution in [0.15, 0.2) is 35.6 Å². The van der Waals surface area contributed by atoms with Crippen LogP contribution in [-0.2, 0) is 24.9 Å². The highest BCUT2D eigenvalue weighted by molar-refractivity contribution is 14.0. The molecule has 8 heteroatoms. The molecule has 7 nitrogen and oxygen atoms in total. The van der Waals surface area contributed by atoms with Crippen LogP contribution in [0, 0.1) is 6.92 Å². The maximum absolute atomic E-state index is 6.15. The van der Waals surface area contributed by atoms with E-state index >= 15 is 0 Å². The van der Waals surface area contributed by atoms with Gasteiger partial charge in [0.2, 0.25) is 0 Å². The summed E-state index contributed by atoms with van der Waals surface area (Å²) in [6.07, 6.45) is 4.90. The molecule has 148 valence electrons. The van der Waals surface area contributed by atoms with Crippen molar-refractivity contribution in [1.29, 1.82) is 0 Å². The molecular weight excluding hydrogens is 457 g/mol. The van der Waals surface area contributed by atoms with Crippen LogP contribution in [0.25, 0.3) is 0 Å². The van der Waals surface area contributed by atoms with Gasteiger partial charge in [0.05, 0.1) is 19.4 Å². The van der Waals surface area contributed by atoms with Gasteiger partial charge in [-0.25, -0.2) is 0 Å². The summed E-state index contributed by atoms with van der Waals surface area (Å²) < 4.78 is 13.4. The fourth-order valence-corrected chi connectivity index (χ4v) is 2.85. The number of aliphatic imine (C=N–C) groups is 1. The molecule has 1 aromatic carbocycles. The van der Waals surface area contributed by atoms with Crippen molar-refractivity contribution in [1.82, 2.24) is 20.4 Å². The second-order valence-corrected chi connectivity index (χ2v) is 6.52. The third kappa shape index (κ3) is 6.39. The molecule has 0 radical (unpaired) electrons. The molecule has 27 heavy (non-hydrogen) atoms. The Morgan fingerprint density at radius 3 is 2.85 bits per heavy atom. The fourth-order valence-electron chi connectivity index (χ4n) is 2.85. The third-order valence-corrected chi connectivity index (χ3v) is 4.29. The highest BCUT2D eigenvalue weighted by atomic mass is 127. The molecule has 1 fully saturated rings. The molecular formula is C19H28IN5O2. The van der Waals surface area contributed by atoms with Gasteiger partial charge >= 0.3 is 0 Å². The first-order valence-corrected chi connectivity index (χ1v) is 8.90. The molecule has 2 aromatic rings. The fraction of sp³-hybridized carbons (Fsp3) is 0.474. The molecule has 2 heterocycles. The molecule has 0 spiro atoms. The highest BCUT2D eigenvalue weighted by Gasteiger charge is 2.18. The maximum Gasteiger partial charge on any atom is 0.191 e. The largest absolute Gasteiger partial charge is 0.488 e. The van der Waals surface area contributed by atoms with Crippen LogP contribution >= 0.6 is 24.0 Å². The molecule has 3 rings (SSSR count). The molecule has 1 atom stereocenters. The predicted octanol–water partition coefficient (Wildman–Crippen LogP) is 2.38. The van der Waals surface area contributed by atoms with Gasteiger partial charge in [0.25, 0.3) is 0 Å². The summed E-state index contributed by atoms with van der Waals surface area (Å²) >= 11 is 0. The molecule has 1 aliphatic rings. The summed E-state index contributed by atoms with van der Waals surface area (Å²) in [4.78, 5) is 4.28. The molecule has 1 aromatic heterocycles. The Balaban J connectivity index is 0.00000261. The quantitative estimate of drug-likeness (QED) is 0.374. The van der Waals surface area contributed by atoms with Gasteiger partial charge in [-0.15, -0.1) is 24.0 Å². The topological polar surface area (TPSA) is 72.7 Å². The van der Waals surface area contributed by atoms with E-state index in [9.17, 15) is 0 Å². The number of guanidine groups is 1. The van der Waals surface area contributed by atoms with Crippen LogP contribution in [0.2, 0.25) is 0 Å². The van der Waals surface area contributed by atoms with Crippen molar-refractivity contribution in [3.8, 4) is 5.75 Å². The van der Waals surface area contributed by atoms with Crippen molar-refractivity contribution in [3.05, 3.63) is 47.3 Å². The molecule has 0 saturated carbocycles. The zero-order valence-corrected chi connectivity index (χ0v) is 18.4. The van der Waals surface area contributed by atoms with Gasteiger partial charge in [-0.2, -0.15) is 5.10 Å². The van der Waals surface area contributed by atoms with E-state index in [4.69, 9.17) is 9.47 Å². The van der Waals surface area contributed by atoms with Gasteiger partial charge in [0, 0.05) is 50.9 Å². The van der Waals surface area contributed by atoms with Crippen LogP contribution in [0.1, 0.15) is 23.1 Å². The maximum atomic E-state index is 6.15. The molecule has 0 aliphatic carbocycles. The van der Waals surface area contributed by atoms with Crippen molar-refractivity contribution >= 4 is 29.9 Å². The van der Waals surface area contributed by atoms with Crippen molar-refractivity contribution < 1.29 is 9.47 Å². The molecule has 1 unspecified atom stereocenters. The van der Waals surface area contributed by atoms with E-state index < -0.39 is 0 Å². The standard InChI is InChI=1S/C19H27N5O2.HI/c1-14-4-5-16(18(8-14)26-17-6-7-25-13-17)11-22-19(20-2)21-9-15-10-23-24(3)12-15;/h4-5,8,10,12,17H,6-7,9,11,13H2,1-3H3,(H2,20,21,22);1H. The number of nitrogens with one attached hydrogen (secondary N) is 2. The number of hydrogen-bond donors (Lipinski definition) is 2. The molecule has 0 amide bonds. The van der Waals surface area contributed by atoms with Gasteiger partial charge in [-0.1, -0.05) is 12.1 Å². The summed E-state index contributed by atoms with van der Waals surface area (Å²) in [6.45, 7) is 4.81. The second kappa shape index (κ2) is 10.5. The number of hydrogen-bond acceptors (Lipinski definition) is 4. The summed E-state index contributed by atoms with van der Waals surface area (Å²) in [5.41, 5.74) is 3.39. The zero-order chi connectivity index (χ0) is 18.4. The first kappa shape index (κ1) is 21.5. The van der Waals surface area contributed by atoms with Gasteiger partial charge in [-0.3, -0.25) is 9.67 Å². The van der Waals surface area contributed by atoms with E-state index in [2.05, 4.69) is 45.8 Å². The third-order valence-electron chi connectivity index (χ3n) is 4.29. The van der Waals surface area contributed by atoms with E-state index in [1.165, 1.54) is 5.56 Å². The van der Waals surface area contributed by atoms with Crippen molar-refractivity contribution in [3.63, 3.8) is 0 Å². The number of rotatable bonds is 6. The zero-order valence-electron chi connectivity index (χ0n) is 16.1. The minimum absolute atomic E-state index is 0. The Morgan fingerprint density at radius 1 is 1.37 bits per heavy atom. The van der Waals surface area contributed by atoms with Crippen LogP contribution in [0.3, 0.4) is 0 Å². The van der Waals surface area contributed by atoms with Crippen molar-refractivity contribution in [2.75, 3.05) is 20.3 Å². The van der Waals surface area contributed by atoms with E-state index in [1.54, 1.807) is 11.7 Å². The van der Waals surface area contributed by atoms with Gasteiger partial charge in [0.15, 0.2) is 5.96 Å². The Kier molecular flexibility index (Phi) is 8.36. The van der Waals surface area contributed by atoms with Crippen molar-refractivity contribution in [2.45, 2.75) is 32.5 Å². The van der Waals surface area contributed by atoms with Crippen LogP contribution < -0.4 is 15.4 Å². The van der Waals surface area contributed by atoms with Gasteiger partial charge in [-0.05, 0) is 18.6 Å². The summed E-state index contributed by atoms with van der Waals surface area (Å²) in [5, 5.41) is 10.8. The predicted molar refractivity (Wildman–Crippen MR) is 117 cm³/mol. The number of benzene rings is 1. The van der Waals surface area contributed by atoms with Gasteiger partial charge < -0.3 is 20.1 Å². The number of aromatic nitrogens is 2. The van der Waals surface area contributed by atoms with E-state index in [0.29, 0.717) is 19.7 Å². The molecule has 1 aliphatic heterocycles. The number of nitrogens with zero attached hydrogens (tertiary/aromatic N) is 3. The Bertz CT molecular complexity index is 756. The van der Waals surface area contributed by atoms with E-state index in [-0.39, 0.29) is 30.1 Å². The number of halogens is 1. The Labute approximate surface area is 177 Å². The number of aryl methyl sites for hydroxylation is 2. The average molecular weight is 485 g/mol. The normalized spacial score (nSPS) is 16.7. The average Bonchev–Trinajstić information content (AvgIpc) is 3.28. The Morgan fingerprint density at radius 2 is 2.19 bits per heavy atom. The lowest BCUT2D eigenvalue weighted by atomic mass is 10.1. The van der Waals surface area contributed by atoms with E-state index in [0.717, 1.165) is 35.9 Å². The first-order chi connectivity index (χ1) is 12.6. The second-order valence-electron chi connectivity index (χ2n) is 6.52. The summed E-state index contributed by atoms with van der Waals surface area (Å²) in [6, 6.07) is 6.28. The lowest BCUT2D eigenvalue weighted by molar-refractivity contribution is 0.140. The highest BCUT2D eigenvalue weighted by Crippen LogP contribution is 2.23. The summed E-state index contributed by atoms with van der Waals surface area (Å²) in [7, 11) is 3.67. The molecule has 2 N–H and O–H groups in total. The van der Waals surface area contributed by atoms with Crippen LogP contribution in [-0.4, -0.2) is 42.1 Å². The van der Waals surface area contributed by atoms with Crippen LogP contribution in [0.5, 0.6) is 5.75 Å². The van der Waals surface area contributed by atoms with Gasteiger partial charge in [0.1, 0.15) is 11.9 Å².